The molecule has 0 bridgehead atoms. The highest BCUT2D eigenvalue weighted by molar-refractivity contribution is 6.06. The van der Waals surface area contributed by atoms with Crippen molar-refractivity contribution in [1.29, 1.82) is 0 Å². The molecular formula is C21H20N2O3. The third-order valence-corrected chi connectivity index (χ3v) is 4.07. The van der Waals surface area contributed by atoms with Gasteiger partial charge in [0.05, 0.1) is 12.2 Å². The molecule has 0 atom stereocenters. The van der Waals surface area contributed by atoms with Crippen molar-refractivity contribution >= 4 is 22.9 Å². The van der Waals surface area contributed by atoms with Crippen LogP contribution in [0.4, 0.5) is 0 Å². The molecule has 0 fully saturated rings. The number of para-hydroxylation sites is 1. The van der Waals surface area contributed by atoms with Crippen molar-refractivity contribution in [2.24, 2.45) is 0 Å². The number of pyridine rings is 1. The number of rotatable bonds is 6. The minimum atomic E-state index is -0.323. The average molecular weight is 348 g/mol. The number of aromatic nitrogens is 1. The van der Waals surface area contributed by atoms with E-state index in [2.05, 4.69) is 4.98 Å². The lowest BCUT2D eigenvalue weighted by Gasteiger charge is -2.21. The lowest BCUT2D eigenvalue weighted by atomic mass is 10.1. The standard InChI is InChI=1S/C21H20N2O3/c24-14-13-23(12-6-9-16-7-2-1-3-8-16)21(26)18-15-20(25)22-19-11-5-4-10-17(18)19/h1-11,15,24H,12-14H2,(H,22,25)/b9-6+. The van der Waals surface area contributed by atoms with Gasteiger partial charge in [0.25, 0.3) is 5.91 Å². The van der Waals surface area contributed by atoms with Gasteiger partial charge >= 0.3 is 0 Å². The fourth-order valence-corrected chi connectivity index (χ4v) is 2.83. The number of aromatic amines is 1. The summed E-state index contributed by atoms with van der Waals surface area (Å²) in [4.78, 5) is 29.1. The molecule has 1 heterocycles. The molecule has 0 aliphatic carbocycles. The van der Waals surface area contributed by atoms with Gasteiger partial charge in [0, 0.05) is 30.1 Å². The predicted octanol–water partition coefficient (Wildman–Crippen LogP) is 2.68. The fourth-order valence-electron chi connectivity index (χ4n) is 2.83. The van der Waals surface area contributed by atoms with Crippen molar-refractivity contribution in [3.63, 3.8) is 0 Å². The van der Waals surface area contributed by atoms with Crippen LogP contribution in [0.3, 0.4) is 0 Å². The van der Waals surface area contributed by atoms with E-state index >= 15 is 0 Å². The lowest BCUT2D eigenvalue weighted by Crippen LogP contribution is -2.34. The van der Waals surface area contributed by atoms with Crippen molar-refractivity contribution in [2.75, 3.05) is 19.7 Å². The van der Waals surface area contributed by atoms with E-state index in [1.54, 1.807) is 18.2 Å². The quantitative estimate of drug-likeness (QED) is 0.719. The number of aliphatic hydroxyl groups excluding tert-OH is 1. The van der Waals surface area contributed by atoms with Crippen LogP contribution in [0.2, 0.25) is 0 Å². The molecule has 1 aromatic heterocycles. The van der Waals surface area contributed by atoms with Crippen molar-refractivity contribution < 1.29 is 9.90 Å². The van der Waals surface area contributed by atoms with Gasteiger partial charge in [-0.1, -0.05) is 60.7 Å². The van der Waals surface area contributed by atoms with E-state index in [0.717, 1.165) is 5.56 Å². The highest BCUT2D eigenvalue weighted by Gasteiger charge is 2.17. The molecule has 0 saturated carbocycles. The first kappa shape index (κ1) is 17.6. The van der Waals surface area contributed by atoms with Gasteiger partial charge in [-0.15, -0.1) is 0 Å². The summed E-state index contributed by atoms with van der Waals surface area (Å²) in [7, 11) is 0. The van der Waals surface area contributed by atoms with Crippen molar-refractivity contribution in [3.8, 4) is 0 Å². The Morgan fingerprint density at radius 1 is 1.08 bits per heavy atom. The molecule has 1 amide bonds. The number of nitrogens with one attached hydrogen (secondary N) is 1. The first-order valence-electron chi connectivity index (χ1n) is 8.43. The van der Waals surface area contributed by atoms with E-state index in [1.165, 1.54) is 11.0 Å². The number of hydrogen-bond acceptors (Lipinski definition) is 3. The number of benzene rings is 2. The summed E-state index contributed by atoms with van der Waals surface area (Å²) in [5, 5.41) is 10.0. The fraction of sp³-hybridized carbons (Fsp3) is 0.143. The third kappa shape index (κ3) is 4.07. The molecular weight excluding hydrogens is 328 g/mol. The molecule has 3 rings (SSSR count). The maximum atomic E-state index is 13.0. The van der Waals surface area contributed by atoms with E-state index < -0.39 is 0 Å². The number of fused-ring (bicyclic) bond motifs is 1. The van der Waals surface area contributed by atoms with Crippen LogP contribution in [0.5, 0.6) is 0 Å². The van der Waals surface area contributed by atoms with Gasteiger partial charge in [-0.25, -0.2) is 0 Å². The molecule has 0 spiro atoms. The van der Waals surface area contributed by atoms with Gasteiger partial charge in [-0.05, 0) is 11.6 Å². The Kier molecular flexibility index (Phi) is 5.61. The lowest BCUT2D eigenvalue weighted by molar-refractivity contribution is 0.0745. The molecule has 0 unspecified atom stereocenters. The molecule has 0 aliphatic rings. The Hall–Kier alpha value is -3.18. The molecule has 0 radical (unpaired) electrons. The first-order chi connectivity index (χ1) is 12.7. The van der Waals surface area contributed by atoms with E-state index in [1.807, 2.05) is 48.6 Å². The van der Waals surface area contributed by atoms with Crippen LogP contribution in [0, 0.1) is 0 Å². The SMILES string of the molecule is O=C(c1cc(=O)[nH]c2ccccc12)N(C/C=C/c1ccccc1)CCO. The van der Waals surface area contributed by atoms with Gasteiger partial charge in [-0.3, -0.25) is 9.59 Å². The summed E-state index contributed by atoms with van der Waals surface area (Å²) in [6.07, 6.45) is 3.80. The van der Waals surface area contributed by atoms with Crippen molar-refractivity contribution in [1.82, 2.24) is 9.88 Å². The monoisotopic (exact) mass is 348 g/mol. The molecule has 132 valence electrons. The number of hydrogen-bond donors (Lipinski definition) is 2. The first-order valence-corrected chi connectivity index (χ1v) is 8.43. The van der Waals surface area contributed by atoms with Crippen LogP contribution in [-0.4, -0.2) is 40.6 Å². The topological polar surface area (TPSA) is 73.4 Å². The second-order valence-electron chi connectivity index (χ2n) is 5.88. The summed E-state index contributed by atoms with van der Waals surface area (Å²) in [6, 6.07) is 18.3. The van der Waals surface area contributed by atoms with Gasteiger partial charge in [0.15, 0.2) is 0 Å². The summed E-state index contributed by atoms with van der Waals surface area (Å²) in [5.74, 6) is -0.279. The highest BCUT2D eigenvalue weighted by atomic mass is 16.3. The van der Waals surface area contributed by atoms with Crippen LogP contribution in [-0.2, 0) is 0 Å². The molecule has 0 aliphatic heterocycles. The van der Waals surface area contributed by atoms with Crippen LogP contribution in [0.1, 0.15) is 15.9 Å². The molecule has 2 N–H and O–H groups in total. The summed E-state index contributed by atoms with van der Waals surface area (Å²) < 4.78 is 0. The predicted molar refractivity (Wildman–Crippen MR) is 103 cm³/mol. The van der Waals surface area contributed by atoms with Gasteiger partial charge < -0.3 is 15.0 Å². The van der Waals surface area contributed by atoms with Crippen molar-refractivity contribution in [3.05, 3.63) is 88.2 Å². The summed E-state index contributed by atoms with van der Waals surface area (Å²) in [5.41, 5.74) is 1.67. The molecule has 26 heavy (non-hydrogen) atoms. The number of nitrogens with zero attached hydrogens (tertiary/aromatic N) is 1. The Balaban J connectivity index is 1.87. The molecule has 5 nitrogen and oxygen atoms in total. The largest absolute Gasteiger partial charge is 0.395 e. The van der Waals surface area contributed by atoms with Crippen LogP contribution < -0.4 is 5.56 Å². The maximum Gasteiger partial charge on any atom is 0.255 e. The normalized spacial score (nSPS) is 11.1. The summed E-state index contributed by atoms with van der Waals surface area (Å²) in [6.45, 7) is 0.389. The molecule has 5 heteroatoms. The van der Waals surface area contributed by atoms with Gasteiger partial charge in [0.1, 0.15) is 0 Å². The minimum Gasteiger partial charge on any atom is -0.395 e. The highest BCUT2D eigenvalue weighted by Crippen LogP contribution is 2.16. The third-order valence-electron chi connectivity index (χ3n) is 4.07. The van der Waals surface area contributed by atoms with Crippen LogP contribution >= 0.6 is 0 Å². The summed E-state index contributed by atoms with van der Waals surface area (Å²) >= 11 is 0. The molecule has 2 aromatic carbocycles. The van der Waals surface area contributed by atoms with Crippen molar-refractivity contribution in [2.45, 2.75) is 0 Å². The van der Waals surface area contributed by atoms with E-state index in [0.29, 0.717) is 23.0 Å². The van der Waals surface area contributed by atoms with E-state index in [4.69, 9.17) is 0 Å². The number of H-pyrrole nitrogens is 1. The zero-order valence-electron chi connectivity index (χ0n) is 14.3. The smallest absolute Gasteiger partial charge is 0.255 e. The minimum absolute atomic E-state index is 0.147. The number of carbonyl (C=O) groups excluding carboxylic acids is 1. The number of aliphatic hydroxyl groups is 1. The Bertz CT molecular complexity index is 977. The second-order valence-corrected chi connectivity index (χ2v) is 5.88. The Morgan fingerprint density at radius 2 is 1.81 bits per heavy atom. The Labute approximate surface area is 151 Å². The maximum absolute atomic E-state index is 13.0. The van der Waals surface area contributed by atoms with Gasteiger partial charge in [0.2, 0.25) is 5.56 Å². The zero-order chi connectivity index (χ0) is 18.4. The Morgan fingerprint density at radius 3 is 2.58 bits per heavy atom. The zero-order valence-corrected chi connectivity index (χ0v) is 14.3. The number of carbonyl (C=O) groups is 1. The molecule has 0 saturated heterocycles. The van der Waals surface area contributed by atoms with Crippen LogP contribution in [0.15, 0.2) is 71.5 Å². The van der Waals surface area contributed by atoms with Gasteiger partial charge in [-0.2, -0.15) is 0 Å². The number of amides is 1. The average Bonchev–Trinajstić information content (AvgIpc) is 2.67. The van der Waals surface area contributed by atoms with E-state index in [-0.39, 0.29) is 24.6 Å². The van der Waals surface area contributed by atoms with Crippen LogP contribution in [0.25, 0.3) is 17.0 Å². The van der Waals surface area contributed by atoms with E-state index in [9.17, 15) is 14.7 Å². The molecule has 3 aromatic rings. The second kappa shape index (κ2) is 8.27.